The van der Waals surface area contributed by atoms with Gasteiger partial charge in [-0.05, 0) is 24.7 Å². The summed E-state index contributed by atoms with van der Waals surface area (Å²) < 4.78 is 15.0. The molecule has 0 fully saturated rings. The zero-order valence-corrected chi connectivity index (χ0v) is 13.2. The van der Waals surface area contributed by atoms with E-state index in [0.717, 1.165) is 17.8 Å². The number of aromatic nitrogens is 2. The van der Waals surface area contributed by atoms with Gasteiger partial charge >= 0.3 is 0 Å². The van der Waals surface area contributed by atoms with E-state index in [1.165, 1.54) is 6.07 Å². The van der Waals surface area contributed by atoms with Gasteiger partial charge < -0.3 is 9.88 Å². The largest absolute Gasteiger partial charge is 0.329 e. The quantitative estimate of drug-likeness (QED) is 0.921. The maximum absolute atomic E-state index is 13.0. The molecule has 112 valence electrons. The van der Waals surface area contributed by atoms with Crippen LogP contribution in [0.4, 0.5) is 4.39 Å². The Morgan fingerprint density at radius 2 is 1.90 bits per heavy atom. The Bertz CT molecular complexity index is 466. The van der Waals surface area contributed by atoms with Crippen LogP contribution < -0.4 is 5.32 Å². The maximum Gasteiger partial charge on any atom is 0.123 e. The lowest BCUT2D eigenvalue weighted by atomic mass is 10.2. The van der Waals surface area contributed by atoms with Crippen molar-refractivity contribution < 1.29 is 4.39 Å². The highest BCUT2D eigenvalue weighted by molar-refractivity contribution is 5.17. The van der Waals surface area contributed by atoms with Gasteiger partial charge in [-0.3, -0.25) is 0 Å². The highest BCUT2D eigenvalue weighted by Gasteiger charge is 2.02. The summed E-state index contributed by atoms with van der Waals surface area (Å²) in [6.45, 7) is 9.41. The highest BCUT2D eigenvalue weighted by Crippen LogP contribution is 2.08. The number of benzene rings is 1. The fraction of sp³-hybridized carbons (Fsp3) is 0.438. The van der Waals surface area contributed by atoms with Crippen molar-refractivity contribution in [2.75, 3.05) is 7.05 Å². The number of rotatable bonds is 4. The fourth-order valence-electron chi connectivity index (χ4n) is 1.65. The van der Waals surface area contributed by atoms with Crippen LogP contribution in [-0.2, 0) is 13.1 Å². The molecule has 3 nitrogen and oxygen atoms in total. The number of hydrogen-bond donors (Lipinski definition) is 1. The van der Waals surface area contributed by atoms with Crippen molar-refractivity contribution in [1.82, 2.24) is 14.9 Å². The molecule has 0 aliphatic heterocycles. The van der Waals surface area contributed by atoms with Crippen LogP contribution >= 0.6 is 0 Å². The molecule has 1 aromatic heterocycles. The van der Waals surface area contributed by atoms with Crippen LogP contribution in [0.25, 0.3) is 0 Å². The van der Waals surface area contributed by atoms with E-state index in [4.69, 9.17) is 0 Å². The summed E-state index contributed by atoms with van der Waals surface area (Å²) >= 11 is 0. The first kappa shape index (κ1) is 18.3. The molecule has 0 spiro atoms. The van der Waals surface area contributed by atoms with Crippen molar-refractivity contribution in [2.24, 2.45) is 0 Å². The van der Waals surface area contributed by atoms with Gasteiger partial charge in [0, 0.05) is 19.3 Å². The zero-order chi connectivity index (χ0) is 15.4. The first-order chi connectivity index (χ1) is 9.79. The Balaban J connectivity index is 0.000000829. The number of nitrogens with one attached hydrogen (secondary N) is 1. The lowest BCUT2D eigenvalue weighted by Gasteiger charge is -2.07. The van der Waals surface area contributed by atoms with Crippen LogP contribution in [-0.4, -0.2) is 16.6 Å². The predicted molar refractivity (Wildman–Crippen MR) is 83.2 cm³/mol. The van der Waals surface area contributed by atoms with E-state index in [0.29, 0.717) is 6.54 Å². The molecule has 0 aliphatic rings. The van der Waals surface area contributed by atoms with Crippen LogP contribution in [0.1, 0.15) is 39.0 Å². The van der Waals surface area contributed by atoms with Gasteiger partial charge in [-0.2, -0.15) is 0 Å². The minimum atomic E-state index is -0.201. The molecule has 4 heteroatoms. The van der Waals surface area contributed by atoms with Crippen molar-refractivity contribution in [2.45, 2.75) is 40.8 Å². The SMILES string of the molecule is CC.CC.CNCc1cncn1Cc1cccc(F)c1. The Labute approximate surface area is 121 Å². The van der Waals surface area contributed by atoms with Gasteiger partial charge in [0.1, 0.15) is 5.82 Å². The van der Waals surface area contributed by atoms with Crippen LogP contribution in [0.5, 0.6) is 0 Å². The van der Waals surface area contributed by atoms with Crippen molar-refractivity contribution in [1.29, 1.82) is 0 Å². The van der Waals surface area contributed by atoms with Gasteiger partial charge in [-0.15, -0.1) is 0 Å². The summed E-state index contributed by atoms with van der Waals surface area (Å²) in [6, 6.07) is 6.63. The Morgan fingerprint density at radius 3 is 2.50 bits per heavy atom. The minimum absolute atomic E-state index is 0.201. The summed E-state index contributed by atoms with van der Waals surface area (Å²) in [5.41, 5.74) is 2.03. The molecule has 2 aromatic rings. The summed E-state index contributed by atoms with van der Waals surface area (Å²) in [5, 5.41) is 3.07. The van der Waals surface area contributed by atoms with Crippen molar-refractivity contribution >= 4 is 0 Å². The average molecular weight is 279 g/mol. The van der Waals surface area contributed by atoms with Gasteiger partial charge in [0.2, 0.25) is 0 Å². The minimum Gasteiger partial charge on any atom is -0.329 e. The molecule has 0 aliphatic carbocycles. The average Bonchev–Trinajstić information content (AvgIpc) is 2.91. The Hall–Kier alpha value is -1.68. The monoisotopic (exact) mass is 279 g/mol. The summed E-state index contributed by atoms with van der Waals surface area (Å²) in [6.07, 6.45) is 3.58. The van der Waals surface area contributed by atoms with Crippen LogP contribution in [0.2, 0.25) is 0 Å². The van der Waals surface area contributed by atoms with Crippen molar-refractivity contribution in [3.8, 4) is 0 Å². The third-order valence-electron chi connectivity index (χ3n) is 2.40. The normalized spacial score (nSPS) is 9.10. The molecule has 0 radical (unpaired) electrons. The molecule has 0 saturated heterocycles. The van der Waals surface area contributed by atoms with E-state index in [2.05, 4.69) is 10.3 Å². The molecule has 1 aromatic carbocycles. The van der Waals surface area contributed by atoms with E-state index in [9.17, 15) is 4.39 Å². The third-order valence-corrected chi connectivity index (χ3v) is 2.40. The van der Waals surface area contributed by atoms with E-state index in [1.807, 2.05) is 51.6 Å². The summed E-state index contributed by atoms with van der Waals surface area (Å²) in [4.78, 5) is 4.09. The molecule has 0 saturated carbocycles. The second kappa shape index (κ2) is 11.2. The molecule has 20 heavy (non-hydrogen) atoms. The van der Waals surface area contributed by atoms with Crippen LogP contribution in [0, 0.1) is 5.82 Å². The first-order valence-corrected chi connectivity index (χ1v) is 7.17. The highest BCUT2D eigenvalue weighted by atomic mass is 19.1. The molecule has 2 rings (SSSR count). The molecular weight excluding hydrogens is 253 g/mol. The third kappa shape index (κ3) is 5.97. The van der Waals surface area contributed by atoms with Crippen molar-refractivity contribution in [3.63, 3.8) is 0 Å². The zero-order valence-electron chi connectivity index (χ0n) is 13.2. The summed E-state index contributed by atoms with van der Waals surface area (Å²) in [5.74, 6) is -0.201. The van der Waals surface area contributed by atoms with Gasteiger partial charge in [0.15, 0.2) is 0 Å². The maximum atomic E-state index is 13.0. The molecular formula is C16H26FN3. The van der Waals surface area contributed by atoms with Gasteiger partial charge in [0.25, 0.3) is 0 Å². The number of halogens is 1. The van der Waals surface area contributed by atoms with E-state index < -0.39 is 0 Å². The molecule has 1 N–H and O–H groups in total. The lowest BCUT2D eigenvalue weighted by Crippen LogP contribution is -2.11. The number of nitrogens with zero attached hydrogens (tertiary/aromatic N) is 2. The predicted octanol–water partition coefficient (Wildman–Crippen LogP) is 3.84. The van der Waals surface area contributed by atoms with Crippen LogP contribution in [0.3, 0.4) is 0 Å². The molecule has 0 unspecified atom stereocenters. The first-order valence-electron chi connectivity index (χ1n) is 7.17. The van der Waals surface area contributed by atoms with E-state index in [-0.39, 0.29) is 5.82 Å². The standard InChI is InChI=1S/C12H14FN3.2C2H6/c1-14-6-12-7-15-9-16(12)8-10-3-2-4-11(13)5-10;2*1-2/h2-5,7,9,14H,6,8H2,1H3;2*1-2H3. The van der Waals surface area contributed by atoms with Gasteiger partial charge in [-0.1, -0.05) is 39.8 Å². The Morgan fingerprint density at radius 1 is 1.20 bits per heavy atom. The van der Waals surface area contributed by atoms with E-state index >= 15 is 0 Å². The fourth-order valence-corrected chi connectivity index (χ4v) is 1.65. The topological polar surface area (TPSA) is 29.9 Å². The van der Waals surface area contributed by atoms with E-state index in [1.54, 1.807) is 18.5 Å². The lowest BCUT2D eigenvalue weighted by molar-refractivity contribution is 0.621. The molecule has 0 bridgehead atoms. The van der Waals surface area contributed by atoms with Gasteiger partial charge in [0.05, 0.1) is 12.0 Å². The van der Waals surface area contributed by atoms with Crippen LogP contribution in [0.15, 0.2) is 36.8 Å². The smallest absolute Gasteiger partial charge is 0.123 e. The second-order valence-electron chi connectivity index (χ2n) is 3.67. The number of imidazole rings is 1. The molecule has 0 atom stereocenters. The van der Waals surface area contributed by atoms with Gasteiger partial charge in [-0.25, -0.2) is 9.37 Å². The number of hydrogen-bond acceptors (Lipinski definition) is 2. The molecule has 0 amide bonds. The summed E-state index contributed by atoms with van der Waals surface area (Å²) in [7, 11) is 1.89. The second-order valence-corrected chi connectivity index (χ2v) is 3.67. The van der Waals surface area contributed by atoms with Crippen molar-refractivity contribution in [3.05, 3.63) is 53.9 Å². The molecule has 1 heterocycles. The Kier molecular flexibility index (Phi) is 10.2.